The molecule has 138 valence electrons. The second-order valence-corrected chi connectivity index (χ2v) is 8.00. The maximum atomic E-state index is 13.1. The van der Waals surface area contributed by atoms with Gasteiger partial charge in [-0.2, -0.15) is 0 Å². The average Bonchev–Trinajstić information content (AvgIpc) is 3.27. The zero-order chi connectivity index (χ0) is 18.8. The van der Waals surface area contributed by atoms with Gasteiger partial charge in [-0.15, -0.1) is 0 Å². The minimum Gasteiger partial charge on any atom is -0.376 e. The molecule has 1 atom stereocenters. The number of hydrogen-bond acceptors (Lipinski definition) is 4. The molecule has 6 heteroatoms. The highest BCUT2D eigenvalue weighted by Crippen LogP contribution is 2.40. The Morgan fingerprint density at radius 1 is 1.04 bits per heavy atom. The summed E-state index contributed by atoms with van der Waals surface area (Å²) < 4.78 is 5.63. The molecule has 2 aliphatic rings. The van der Waals surface area contributed by atoms with Crippen molar-refractivity contribution < 1.29 is 14.3 Å². The van der Waals surface area contributed by atoms with Crippen molar-refractivity contribution in [2.75, 3.05) is 13.2 Å². The van der Waals surface area contributed by atoms with Gasteiger partial charge in [0.05, 0.1) is 23.1 Å². The van der Waals surface area contributed by atoms with Gasteiger partial charge in [0, 0.05) is 16.5 Å². The number of imide groups is 1. The summed E-state index contributed by atoms with van der Waals surface area (Å²) in [5.41, 5.74) is 1.21. The van der Waals surface area contributed by atoms with E-state index >= 15 is 0 Å². The van der Waals surface area contributed by atoms with Crippen molar-refractivity contribution in [2.24, 2.45) is 0 Å². The van der Waals surface area contributed by atoms with Crippen LogP contribution in [0.15, 0.2) is 64.4 Å². The van der Waals surface area contributed by atoms with E-state index < -0.39 is 0 Å². The number of hydrogen-bond donors (Lipinski definition) is 0. The first-order valence-corrected chi connectivity index (χ1v) is 10.0. The van der Waals surface area contributed by atoms with Gasteiger partial charge in [0.15, 0.2) is 0 Å². The Bertz CT molecular complexity index is 889. The SMILES string of the molecule is O=C1C(Sc2ccc(Cl)cc2)=C(c2ccccc2)C(=O)N1CC1CCCO1. The lowest BCUT2D eigenvalue weighted by Crippen LogP contribution is -2.37. The van der Waals surface area contributed by atoms with Crippen molar-refractivity contribution in [1.82, 2.24) is 4.90 Å². The highest BCUT2D eigenvalue weighted by Gasteiger charge is 2.40. The molecule has 4 rings (SSSR count). The minimum absolute atomic E-state index is 0.0743. The number of amides is 2. The van der Waals surface area contributed by atoms with Crippen LogP contribution in [0.2, 0.25) is 5.02 Å². The highest BCUT2D eigenvalue weighted by molar-refractivity contribution is 8.04. The summed E-state index contributed by atoms with van der Waals surface area (Å²) in [6, 6.07) is 16.6. The standard InChI is InChI=1S/C21H18ClNO3S/c22-15-8-10-17(11-9-15)27-19-18(14-5-2-1-3-6-14)20(24)23(21(19)25)13-16-7-4-12-26-16/h1-3,5-6,8-11,16H,4,7,12-13H2. The Kier molecular flexibility index (Phi) is 5.34. The smallest absolute Gasteiger partial charge is 0.268 e. The quantitative estimate of drug-likeness (QED) is 0.699. The predicted octanol–water partition coefficient (Wildman–Crippen LogP) is 4.39. The first-order chi connectivity index (χ1) is 13.1. The van der Waals surface area contributed by atoms with E-state index in [2.05, 4.69) is 0 Å². The molecule has 2 aromatic carbocycles. The van der Waals surface area contributed by atoms with Crippen molar-refractivity contribution >= 4 is 40.8 Å². The van der Waals surface area contributed by atoms with Gasteiger partial charge in [0.25, 0.3) is 11.8 Å². The summed E-state index contributed by atoms with van der Waals surface area (Å²) in [5.74, 6) is -0.507. The van der Waals surface area contributed by atoms with Crippen LogP contribution in [-0.4, -0.2) is 36.0 Å². The van der Waals surface area contributed by atoms with Crippen molar-refractivity contribution in [1.29, 1.82) is 0 Å². The topological polar surface area (TPSA) is 46.6 Å². The Morgan fingerprint density at radius 3 is 2.44 bits per heavy atom. The van der Waals surface area contributed by atoms with Crippen LogP contribution in [0.4, 0.5) is 0 Å². The van der Waals surface area contributed by atoms with Crippen LogP contribution in [0, 0.1) is 0 Å². The molecule has 1 saturated heterocycles. The zero-order valence-electron chi connectivity index (χ0n) is 14.6. The number of ether oxygens (including phenoxy) is 1. The molecule has 0 aromatic heterocycles. The molecule has 2 heterocycles. The lowest BCUT2D eigenvalue weighted by Gasteiger charge is -2.19. The number of nitrogens with zero attached hydrogens (tertiary/aromatic N) is 1. The fraction of sp³-hybridized carbons (Fsp3) is 0.238. The van der Waals surface area contributed by atoms with Gasteiger partial charge in [-0.25, -0.2) is 0 Å². The van der Waals surface area contributed by atoms with Crippen LogP contribution in [0.1, 0.15) is 18.4 Å². The third kappa shape index (κ3) is 3.81. The summed E-state index contributed by atoms with van der Waals surface area (Å²) in [4.78, 5) is 28.9. The molecule has 0 radical (unpaired) electrons. The monoisotopic (exact) mass is 399 g/mol. The van der Waals surface area contributed by atoms with Gasteiger partial charge in [0.2, 0.25) is 0 Å². The fourth-order valence-electron chi connectivity index (χ4n) is 3.29. The molecule has 2 amide bonds. The Hall–Kier alpha value is -2.08. The zero-order valence-corrected chi connectivity index (χ0v) is 16.1. The molecular formula is C21H18ClNO3S. The van der Waals surface area contributed by atoms with E-state index in [9.17, 15) is 9.59 Å². The number of benzene rings is 2. The minimum atomic E-state index is -0.255. The molecule has 4 nitrogen and oxygen atoms in total. The van der Waals surface area contributed by atoms with Crippen molar-refractivity contribution in [3.63, 3.8) is 0 Å². The maximum Gasteiger partial charge on any atom is 0.268 e. The summed E-state index contributed by atoms with van der Waals surface area (Å²) in [7, 11) is 0. The van der Waals surface area contributed by atoms with Crippen molar-refractivity contribution in [3.8, 4) is 0 Å². The van der Waals surface area contributed by atoms with E-state index in [4.69, 9.17) is 16.3 Å². The molecule has 1 unspecified atom stereocenters. The van der Waals surface area contributed by atoms with Crippen LogP contribution in [0.5, 0.6) is 0 Å². The second kappa shape index (κ2) is 7.89. The van der Waals surface area contributed by atoms with E-state index in [1.807, 2.05) is 42.5 Å². The average molecular weight is 400 g/mol. The fourth-order valence-corrected chi connectivity index (χ4v) is 4.42. The highest BCUT2D eigenvalue weighted by atomic mass is 35.5. The number of rotatable bonds is 5. The molecule has 1 fully saturated rings. The summed E-state index contributed by atoms with van der Waals surface area (Å²) in [5, 5.41) is 0.630. The normalized spacial score (nSPS) is 20.0. The molecule has 27 heavy (non-hydrogen) atoms. The van der Waals surface area contributed by atoms with Gasteiger partial charge >= 0.3 is 0 Å². The van der Waals surface area contributed by atoms with Gasteiger partial charge in [-0.3, -0.25) is 14.5 Å². The summed E-state index contributed by atoms with van der Waals surface area (Å²) in [6.45, 7) is 0.991. The van der Waals surface area contributed by atoms with Crippen LogP contribution in [0.3, 0.4) is 0 Å². The lowest BCUT2D eigenvalue weighted by atomic mass is 10.1. The molecule has 2 aliphatic heterocycles. The molecule has 0 N–H and O–H groups in total. The summed E-state index contributed by atoms with van der Waals surface area (Å²) >= 11 is 7.26. The molecule has 0 bridgehead atoms. The number of carbonyl (C=O) groups is 2. The molecular weight excluding hydrogens is 382 g/mol. The maximum absolute atomic E-state index is 13.1. The van der Waals surface area contributed by atoms with Gasteiger partial charge in [-0.1, -0.05) is 53.7 Å². The number of halogens is 1. The van der Waals surface area contributed by atoms with Crippen LogP contribution < -0.4 is 0 Å². The van der Waals surface area contributed by atoms with E-state index in [1.54, 1.807) is 12.1 Å². The van der Waals surface area contributed by atoms with E-state index in [1.165, 1.54) is 16.7 Å². The largest absolute Gasteiger partial charge is 0.376 e. The predicted molar refractivity (Wildman–Crippen MR) is 106 cm³/mol. The van der Waals surface area contributed by atoms with Crippen molar-refractivity contribution in [2.45, 2.75) is 23.8 Å². The third-order valence-corrected chi connectivity index (χ3v) is 5.97. The van der Waals surface area contributed by atoms with Crippen LogP contribution >= 0.6 is 23.4 Å². The first kappa shape index (κ1) is 18.3. The van der Waals surface area contributed by atoms with Crippen LogP contribution in [-0.2, 0) is 14.3 Å². The molecule has 2 aromatic rings. The summed E-state index contributed by atoms with van der Waals surface area (Å²) in [6.07, 6.45) is 1.76. The number of thioether (sulfide) groups is 1. The second-order valence-electron chi connectivity index (χ2n) is 6.48. The Balaban J connectivity index is 1.69. The lowest BCUT2D eigenvalue weighted by molar-refractivity contribution is -0.138. The van der Waals surface area contributed by atoms with E-state index in [0.717, 1.165) is 23.3 Å². The van der Waals surface area contributed by atoms with Gasteiger partial charge in [-0.05, 0) is 42.7 Å². The number of carbonyl (C=O) groups excluding carboxylic acids is 2. The Labute approximate surface area is 167 Å². The van der Waals surface area contributed by atoms with Crippen LogP contribution in [0.25, 0.3) is 5.57 Å². The van der Waals surface area contributed by atoms with Crippen molar-refractivity contribution in [3.05, 3.63) is 70.1 Å². The first-order valence-electron chi connectivity index (χ1n) is 8.84. The molecule has 0 saturated carbocycles. The van der Waals surface area contributed by atoms with E-state index in [0.29, 0.717) is 28.7 Å². The van der Waals surface area contributed by atoms with Gasteiger partial charge < -0.3 is 4.74 Å². The Morgan fingerprint density at radius 2 is 1.78 bits per heavy atom. The molecule has 0 aliphatic carbocycles. The third-order valence-electron chi connectivity index (χ3n) is 4.63. The van der Waals surface area contributed by atoms with E-state index in [-0.39, 0.29) is 17.9 Å². The van der Waals surface area contributed by atoms with Gasteiger partial charge in [0.1, 0.15) is 0 Å². The molecule has 0 spiro atoms.